The number of hydrogen-bond donors (Lipinski definition) is 1. The Morgan fingerprint density at radius 1 is 1.16 bits per heavy atom. The van der Waals surface area contributed by atoms with Gasteiger partial charge < -0.3 is 10.1 Å². The number of nitrogen functional groups attached to an aromatic ring is 1. The summed E-state index contributed by atoms with van der Waals surface area (Å²) in [6.45, 7) is -0.820. The van der Waals surface area contributed by atoms with E-state index in [1.54, 1.807) is 36.8 Å². The van der Waals surface area contributed by atoms with E-state index in [2.05, 4.69) is 20.1 Å². The molecule has 0 radical (unpaired) electrons. The number of fused-ring (bicyclic) bond motifs is 4. The molecule has 0 fully saturated rings. The van der Waals surface area contributed by atoms with Gasteiger partial charge in [0, 0.05) is 31.2 Å². The fourth-order valence-corrected chi connectivity index (χ4v) is 4.27. The summed E-state index contributed by atoms with van der Waals surface area (Å²) in [5.41, 5.74) is 7.47. The number of hydrogen-bond acceptors (Lipinski definition) is 6. The van der Waals surface area contributed by atoms with Gasteiger partial charge in [-0.1, -0.05) is 0 Å². The Kier molecular flexibility index (Phi) is 4.62. The highest BCUT2D eigenvalue weighted by Crippen LogP contribution is 2.30. The smallest absolute Gasteiger partial charge is 0.382 e. The maximum atomic E-state index is 14.0. The minimum absolute atomic E-state index is 0.0812. The molecular formula is C25H20F3N9O. The van der Waals surface area contributed by atoms with Crippen molar-refractivity contribution in [3.8, 4) is 0 Å². The standard InChI is InChI=1S/C25H20F3N9O/c1-14-22-23(29)33-19-5-3-15(7-20(19)37(22)13-30-14)24(38)36(18-8-31-34(2)12-18)11-17-10-35-9-16(25(26,27)28)4-6-21(35)32-17/h3-10,12-13H,11H2,1-2H3,(H2,29,33)/i11D2. The van der Waals surface area contributed by atoms with Gasteiger partial charge in [-0.15, -0.1) is 0 Å². The zero-order valence-electron chi connectivity index (χ0n) is 22.0. The van der Waals surface area contributed by atoms with Crippen molar-refractivity contribution in [2.45, 2.75) is 19.6 Å². The number of imidazole rings is 2. The van der Waals surface area contributed by atoms with E-state index in [1.807, 2.05) is 0 Å². The summed E-state index contributed by atoms with van der Waals surface area (Å²) in [5.74, 6) is -0.467. The third kappa shape index (κ3) is 3.88. The highest BCUT2D eigenvalue weighted by molar-refractivity contribution is 6.07. The molecule has 0 bridgehead atoms. The lowest BCUT2D eigenvalue weighted by Crippen LogP contribution is -2.30. The number of benzene rings is 1. The second-order valence-electron chi connectivity index (χ2n) is 8.68. The number of amides is 1. The Hall–Kier alpha value is -4.94. The average Bonchev–Trinajstić information content (AvgIpc) is 3.61. The molecule has 13 heteroatoms. The van der Waals surface area contributed by atoms with E-state index >= 15 is 0 Å². The van der Waals surface area contributed by atoms with Gasteiger partial charge in [-0.2, -0.15) is 18.3 Å². The van der Waals surface area contributed by atoms with E-state index in [1.165, 1.54) is 23.1 Å². The minimum Gasteiger partial charge on any atom is -0.382 e. The molecule has 6 aromatic rings. The molecule has 0 spiro atoms. The fourth-order valence-electron chi connectivity index (χ4n) is 4.27. The number of anilines is 2. The molecule has 0 atom stereocenters. The number of carbonyl (C=O) groups is 1. The number of nitrogens with zero attached hydrogens (tertiary/aromatic N) is 8. The van der Waals surface area contributed by atoms with Gasteiger partial charge in [0.25, 0.3) is 5.91 Å². The van der Waals surface area contributed by atoms with E-state index in [9.17, 15) is 18.0 Å². The molecule has 0 unspecified atom stereocenters. The number of aryl methyl sites for hydroxylation is 2. The van der Waals surface area contributed by atoms with E-state index < -0.39 is 24.1 Å². The third-order valence-corrected chi connectivity index (χ3v) is 6.07. The van der Waals surface area contributed by atoms with Gasteiger partial charge in [0.05, 0.1) is 49.1 Å². The summed E-state index contributed by atoms with van der Waals surface area (Å²) in [7, 11) is 1.61. The largest absolute Gasteiger partial charge is 0.417 e. The number of alkyl halides is 3. The van der Waals surface area contributed by atoms with Gasteiger partial charge in [0.1, 0.15) is 23.3 Å². The van der Waals surface area contributed by atoms with Crippen LogP contribution < -0.4 is 10.6 Å². The lowest BCUT2D eigenvalue weighted by molar-refractivity contribution is -0.137. The van der Waals surface area contributed by atoms with Crippen molar-refractivity contribution in [3.63, 3.8) is 0 Å². The predicted molar refractivity (Wildman–Crippen MR) is 134 cm³/mol. The van der Waals surface area contributed by atoms with Crippen LogP contribution in [-0.4, -0.2) is 39.4 Å². The first kappa shape index (κ1) is 21.2. The number of carbonyl (C=O) groups excluding carboxylic acids is 1. The van der Waals surface area contributed by atoms with Crippen LogP contribution in [-0.2, 0) is 19.7 Å². The van der Waals surface area contributed by atoms with E-state index in [0.717, 1.165) is 33.8 Å². The number of pyridine rings is 1. The predicted octanol–water partition coefficient (Wildman–Crippen LogP) is 4.02. The number of nitrogens with two attached hydrogens (primary N) is 1. The van der Waals surface area contributed by atoms with Crippen LogP contribution in [0.5, 0.6) is 0 Å². The molecule has 0 saturated heterocycles. The van der Waals surface area contributed by atoms with Crippen LogP contribution in [0, 0.1) is 6.92 Å². The van der Waals surface area contributed by atoms with Gasteiger partial charge >= 0.3 is 6.18 Å². The average molecular weight is 522 g/mol. The van der Waals surface area contributed by atoms with Gasteiger partial charge in [-0.3, -0.25) is 18.8 Å². The molecule has 5 aromatic heterocycles. The maximum absolute atomic E-state index is 14.0. The van der Waals surface area contributed by atoms with Crippen molar-refractivity contribution in [2.24, 2.45) is 7.05 Å². The zero-order chi connectivity index (χ0) is 28.6. The Balaban J connectivity index is 1.49. The molecular weight excluding hydrogens is 499 g/mol. The zero-order valence-corrected chi connectivity index (χ0v) is 20.0. The van der Waals surface area contributed by atoms with Crippen LogP contribution in [0.25, 0.3) is 22.2 Å². The molecule has 192 valence electrons. The van der Waals surface area contributed by atoms with E-state index in [0.29, 0.717) is 22.2 Å². The van der Waals surface area contributed by atoms with Crippen LogP contribution in [0.1, 0.15) is 30.1 Å². The number of halogens is 3. The van der Waals surface area contributed by atoms with Gasteiger partial charge in [0.2, 0.25) is 0 Å². The summed E-state index contributed by atoms with van der Waals surface area (Å²) in [6.07, 6.45) is 1.68. The molecule has 0 aliphatic carbocycles. The maximum Gasteiger partial charge on any atom is 0.417 e. The van der Waals surface area contributed by atoms with Crippen LogP contribution in [0.15, 0.2) is 61.4 Å². The van der Waals surface area contributed by atoms with Gasteiger partial charge in [0.15, 0.2) is 0 Å². The Morgan fingerprint density at radius 2 is 1.97 bits per heavy atom. The summed E-state index contributed by atoms with van der Waals surface area (Å²) >= 11 is 0. The molecule has 38 heavy (non-hydrogen) atoms. The fraction of sp³-hybridized carbons (Fsp3) is 0.160. The number of rotatable bonds is 4. The number of aromatic nitrogens is 7. The first-order valence-corrected chi connectivity index (χ1v) is 11.3. The van der Waals surface area contributed by atoms with Crippen LogP contribution in [0.2, 0.25) is 0 Å². The van der Waals surface area contributed by atoms with Crippen molar-refractivity contribution in [1.82, 2.24) is 33.5 Å². The monoisotopic (exact) mass is 521 g/mol. The van der Waals surface area contributed by atoms with Crippen LogP contribution in [0.4, 0.5) is 24.7 Å². The quantitative estimate of drug-likeness (QED) is 0.375. The first-order chi connectivity index (χ1) is 18.8. The highest BCUT2D eigenvalue weighted by Gasteiger charge is 2.31. The van der Waals surface area contributed by atoms with Crippen LogP contribution in [0.3, 0.4) is 0 Å². The topological polar surface area (TPSA) is 112 Å². The summed E-state index contributed by atoms with van der Waals surface area (Å²) < 4.78 is 61.9. The highest BCUT2D eigenvalue weighted by atomic mass is 19.4. The van der Waals surface area contributed by atoms with Crippen molar-refractivity contribution in [3.05, 3.63) is 84.0 Å². The summed E-state index contributed by atoms with van der Waals surface area (Å²) in [4.78, 5) is 27.8. The molecule has 6 rings (SSSR count). The lowest BCUT2D eigenvalue weighted by atomic mass is 10.1. The second kappa shape index (κ2) is 8.30. The molecule has 0 aliphatic heterocycles. The van der Waals surface area contributed by atoms with Crippen molar-refractivity contribution in [1.29, 1.82) is 0 Å². The first-order valence-electron chi connectivity index (χ1n) is 12.3. The van der Waals surface area contributed by atoms with Gasteiger partial charge in [-0.05, 0) is 37.3 Å². The Labute approximate surface area is 215 Å². The van der Waals surface area contributed by atoms with E-state index in [-0.39, 0.29) is 28.4 Å². The van der Waals surface area contributed by atoms with Crippen molar-refractivity contribution >= 4 is 39.6 Å². The SMILES string of the molecule is [2H]C([2H])(c1cn2cc(C(F)(F)F)ccc2n1)N(C(=O)c1ccc2nc(N)c3c(C)ncn3c2c1)c1cnn(C)c1. The van der Waals surface area contributed by atoms with Gasteiger partial charge in [-0.25, -0.2) is 15.0 Å². The summed E-state index contributed by atoms with van der Waals surface area (Å²) in [6, 6.07) is 6.63. The van der Waals surface area contributed by atoms with E-state index in [4.69, 9.17) is 8.48 Å². The van der Waals surface area contributed by atoms with Crippen LogP contribution >= 0.6 is 0 Å². The van der Waals surface area contributed by atoms with Crippen molar-refractivity contribution in [2.75, 3.05) is 10.6 Å². The Morgan fingerprint density at radius 3 is 2.71 bits per heavy atom. The Bertz CT molecular complexity index is 1960. The second-order valence-corrected chi connectivity index (χ2v) is 8.68. The molecule has 1 aromatic carbocycles. The summed E-state index contributed by atoms with van der Waals surface area (Å²) in [5, 5.41) is 4.07. The minimum atomic E-state index is -4.59. The molecule has 0 aliphatic rings. The molecule has 10 nitrogen and oxygen atoms in total. The third-order valence-electron chi connectivity index (χ3n) is 6.07. The van der Waals surface area contributed by atoms with Crippen molar-refractivity contribution < 1.29 is 20.7 Å². The normalized spacial score (nSPS) is 13.3. The molecule has 0 saturated carbocycles. The molecule has 5 heterocycles. The lowest BCUT2D eigenvalue weighted by Gasteiger charge is -2.20. The molecule has 1 amide bonds. The molecule has 2 N–H and O–H groups in total.